The molecule has 0 unspecified atom stereocenters. The van der Waals surface area contributed by atoms with Gasteiger partial charge < -0.3 is 20.6 Å². The Morgan fingerprint density at radius 1 is 0.821 bits per heavy atom. The summed E-state index contributed by atoms with van der Waals surface area (Å²) < 4.78 is 49.2. The van der Waals surface area contributed by atoms with Gasteiger partial charge in [-0.15, -0.1) is 0 Å². The lowest BCUT2D eigenvalue weighted by molar-refractivity contribution is 0.0696. The molecule has 5 rings (SSSR count). The molecule has 39 heavy (non-hydrogen) atoms. The number of halogens is 3. The first-order valence-electron chi connectivity index (χ1n) is 11.7. The number of aromatic nitrogens is 2. The molecule has 0 atom stereocenters. The van der Waals surface area contributed by atoms with E-state index in [-0.39, 0.29) is 35.5 Å². The van der Waals surface area contributed by atoms with Gasteiger partial charge in [0.25, 0.3) is 0 Å². The Hall–Kier alpha value is -5.12. The first-order valence-corrected chi connectivity index (χ1v) is 11.7. The fourth-order valence-corrected chi connectivity index (χ4v) is 4.10. The van der Waals surface area contributed by atoms with Gasteiger partial charge in [-0.3, -0.25) is 4.79 Å². The highest BCUT2D eigenvalue weighted by atomic mass is 19.1. The maximum atomic E-state index is 15.0. The van der Waals surface area contributed by atoms with Crippen molar-refractivity contribution in [2.75, 3.05) is 0 Å². The standard InChI is InChI=1S/C29H20F3N3O4/c30-21-7-5-16(12-26(21)39-14-20-4-3-18(28(33)36)10-23(20)32)15-1-2-17(22(31)9-15)13-27-34-24-8-6-19(29(37)38)11-25(24)35-27/h1-12H,13-14H2,(H2,33,36)(H,34,35)(H,37,38). The Morgan fingerprint density at radius 3 is 2.23 bits per heavy atom. The van der Waals surface area contributed by atoms with E-state index in [4.69, 9.17) is 15.6 Å². The zero-order valence-electron chi connectivity index (χ0n) is 20.2. The number of carboxylic acid groups (broad SMARTS) is 1. The Labute approximate surface area is 219 Å². The van der Waals surface area contributed by atoms with Crippen LogP contribution < -0.4 is 10.5 Å². The van der Waals surface area contributed by atoms with Crippen molar-refractivity contribution in [1.82, 2.24) is 9.97 Å². The summed E-state index contributed by atoms with van der Waals surface area (Å²) in [5.74, 6) is -3.43. The highest BCUT2D eigenvalue weighted by molar-refractivity contribution is 5.93. The molecule has 1 aromatic heterocycles. The first kappa shape index (κ1) is 25.5. The lowest BCUT2D eigenvalue weighted by Gasteiger charge is -2.11. The molecule has 7 nitrogen and oxygen atoms in total. The molecule has 0 bridgehead atoms. The second-order valence-electron chi connectivity index (χ2n) is 8.81. The number of ether oxygens (including phenoxy) is 1. The van der Waals surface area contributed by atoms with Crippen LogP contribution in [-0.2, 0) is 13.0 Å². The minimum Gasteiger partial charge on any atom is -0.486 e. The van der Waals surface area contributed by atoms with Crippen LogP contribution in [0.5, 0.6) is 5.75 Å². The topological polar surface area (TPSA) is 118 Å². The van der Waals surface area contributed by atoms with Crippen LogP contribution in [0.3, 0.4) is 0 Å². The molecule has 4 N–H and O–H groups in total. The molecule has 0 saturated heterocycles. The van der Waals surface area contributed by atoms with Gasteiger partial charge in [0.2, 0.25) is 5.91 Å². The molecule has 10 heteroatoms. The summed E-state index contributed by atoms with van der Waals surface area (Å²) in [4.78, 5) is 29.8. The van der Waals surface area contributed by atoms with Crippen molar-refractivity contribution in [2.45, 2.75) is 13.0 Å². The summed E-state index contributed by atoms with van der Waals surface area (Å²) in [7, 11) is 0. The first-order chi connectivity index (χ1) is 18.7. The Morgan fingerprint density at radius 2 is 1.51 bits per heavy atom. The average molecular weight is 531 g/mol. The molecule has 1 amide bonds. The number of aromatic amines is 1. The molecular formula is C29H20F3N3O4. The molecular weight excluding hydrogens is 511 g/mol. The van der Waals surface area contributed by atoms with Crippen molar-refractivity contribution in [3.63, 3.8) is 0 Å². The zero-order valence-corrected chi connectivity index (χ0v) is 20.2. The number of imidazole rings is 1. The maximum Gasteiger partial charge on any atom is 0.335 e. The van der Waals surface area contributed by atoms with E-state index in [2.05, 4.69) is 9.97 Å². The van der Waals surface area contributed by atoms with Crippen LogP contribution in [0.25, 0.3) is 22.2 Å². The number of nitrogens with one attached hydrogen (secondary N) is 1. The number of hydrogen-bond acceptors (Lipinski definition) is 4. The normalized spacial score (nSPS) is 11.1. The molecule has 0 aliphatic carbocycles. The number of nitrogens with two attached hydrogens (primary N) is 1. The highest BCUT2D eigenvalue weighted by Crippen LogP contribution is 2.29. The number of hydrogen-bond donors (Lipinski definition) is 3. The third kappa shape index (κ3) is 5.45. The van der Waals surface area contributed by atoms with E-state index in [9.17, 15) is 18.4 Å². The smallest absolute Gasteiger partial charge is 0.335 e. The number of carboxylic acids is 1. The van der Waals surface area contributed by atoms with E-state index < -0.39 is 29.3 Å². The monoisotopic (exact) mass is 531 g/mol. The number of fused-ring (bicyclic) bond motifs is 1. The summed E-state index contributed by atoms with van der Waals surface area (Å²) in [6, 6.07) is 16.7. The molecule has 0 fully saturated rings. The summed E-state index contributed by atoms with van der Waals surface area (Å²) in [5, 5.41) is 9.15. The lowest BCUT2D eigenvalue weighted by atomic mass is 10.0. The van der Waals surface area contributed by atoms with E-state index in [1.54, 1.807) is 18.2 Å². The molecule has 5 aromatic rings. The van der Waals surface area contributed by atoms with Crippen LogP contribution in [-0.4, -0.2) is 27.0 Å². The average Bonchev–Trinajstić information content (AvgIpc) is 3.31. The molecule has 4 aromatic carbocycles. The number of rotatable bonds is 8. The van der Waals surface area contributed by atoms with Crippen molar-refractivity contribution < 1.29 is 32.6 Å². The van der Waals surface area contributed by atoms with Gasteiger partial charge in [0.05, 0.1) is 16.6 Å². The van der Waals surface area contributed by atoms with Crippen LogP contribution in [0.2, 0.25) is 0 Å². The van der Waals surface area contributed by atoms with Crippen LogP contribution in [0.1, 0.15) is 37.7 Å². The van der Waals surface area contributed by atoms with Crippen molar-refractivity contribution in [3.05, 3.63) is 118 Å². The number of aromatic carboxylic acids is 1. The minimum absolute atomic E-state index is 0.00236. The van der Waals surface area contributed by atoms with E-state index >= 15 is 4.39 Å². The summed E-state index contributed by atoms with van der Waals surface area (Å²) in [5.41, 5.74) is 7.75. The Kier molecular flexibility index (Phi) is 6.76. The Balaban J connectivity index is 1.33. The third-order valence-corrected chi connectivity index (χ3v) is 6.17. The van der Waals surface area contributed by atoms with Gasteiger partial charge in [-0.1, -0.05) is 24.3 Å². The number of nitrogens with zero attached hydrogens (tertiary/aromatic N) is 1. The predicted molar refractivity (Wildman–Crippen MR) is 137 cm³/mol. The number of H-pyrrole nitrogens is 1. The van der Waals surface area contributed by atoms with Gasteiger partial charge >= 0.3 is 5.97 Å². The summed E-state index contributed by atoms with van der Waals surface area (Å²) in [6.07, 6.45) is 0.140. The van der Waals surface area contributed by atoms with E-state index in [1.165, 1.54) is 48.5 Å². The van der Waals surface area contributed by atoms with Crippen molar-refractivity contribution in [2.24, 2.45) is 5.73 Å². The largest absolute Gasteiger partial charge is 0.486 e. The second kappa shape index (κ2) is 10.3. The van der Waals surface area contributed by atoms with Gasteiger partial charge in [0, 0.05) is 17.5 Å². The third-order valence-electron chi connectivity index (χ3n) is 6.17. The number of primary amides is 1. The second-order valence-corrected chi connectivity index (χ2v) is 8.81. The highest BCUT2D eigenvalue weighted by Gasteiger charge is 2.14. The van der Waals surface area contributed by atoms with Crippen LogP contribution in [0.4, 0.5) is 13.2 Å². The molecule has 0 radical (unpaired) electrons. The summed E-state index contributed by atoms with van der Waals surface area (Å²) >= 11 is 0. The molecule has 1 heterocycles. The van der Waals surface area contributed by atoms with Crippen molar-refractivity contribution in [1.29, 1.82) is 0 Å². The fourth-order valence-electron chi connectivity index (χ4n) is 4.10. The van der Waals surface area contributed by atoms with Gasteiger partial charge in [0.15, 0.2) is 11.6 Å². The fraction of sp³-hybridized carbons (Fsp3) is 0.0690. The lowest BCUT2D eigenvalue weighted by Crippen LogP contribution is -2.12. The molecule has 0 aliphatic heterocycles. The number of benzene rings is 4. The number of carbonyl (C=O) groups excluding carboxylic acids is 1. The van der Waals surface area contributed by atoms with Gasteiger partial charge in [0.1, 0.15) is 24.1 Å². The van der Waals surface area contributed by atoms with Gasteiger partial charge in [-0.2, -0.15) is 0 Å². The Bertz CT molecular complexity index is 1750. The van der Waals surface area contributed by atoms with E-state index in [1.807, 2.05) is 0 Å². The zero-order chi connectivity index (χ0) is 27.7. The molecule has 0 spiro atoms. The van der Waals surface area contributed by atoms with Crippen LogP contribution in [0.15, 0.2) is 72.8 Å². The van der Waals surface area contributed by atoms with Crippen LogP contribution in [0, 0.1) is 17.5 Å². The quantitative estimate of drug-likeness (QED) is 0.240. The van der Waals surface area contributed by atoms with Crippen molar-refractivity contribution >= 4 is 22.9 Å². The van der Waals surface area contributed by atoms with Crippen molar-refractivity contribution in [3.8, 4) is 16.9 Å². The molecule has 0 saturated carbocycles. The number of carbonyl (C=O) groups is 2. The van der Waals surface area contributed by atoms with Crippen LogP contribution >= 0.6 is 0 Å². The number of amides is 1. The maximum absolute atomic E-state index is 15.0. The minimum atomic E-state index is -1.06. The molecule has 0 aliphatic rings. The van der Waals surface area contributed by atoms with Gasteiger partial charge in [-0.05, 0) is 65.2 Å². The van der Waals surface area contributed by atoms with Gasteiger partial charge in [-0.25, -0.2) is 22.9 Å². The van der Waals surface area contributed by atoms with E-state index in [0.717, 1.165) is 6.07 Å². The summed E-state index contributed by atoms with van der Waals surface area (Å²) in [6.45, 7) is -0.302. The van der Waals surface area contributed by atoms with E-state index in [0.29, 0.717) is 33.5 Å². The SMILES string of the molecule is NC(=O)c1ccc(COc2cc(-c3ccc(Cc4nc5ccc(C(=O)O)cc5[nH]4)c(F)c3)ccc2F)c(F)c1. The predicted octanol–water partition coefficient (Wildman–Crippen LogP) is 5.61. The molecule has 196 valence electrons.